The predicted octanol–water partition coefficient (Wildman–Crippen LogP) is 5.99. The molecular weight excluding hydrogens is 417 g/mol. The van der Waals surface area contributed by atoms with Crippen molar-refractivity contribution in [3.8, 4) is 11.3 Å². The van der Waals surface area contributed by atoms with Gasteiger partial charge in [-0.25, -0.2) is 4.98 Å². The van der Waals surface area contributed by atoms with Crippen molar-refractivity contribution in [3.05, 3.63) is 64.0 Å². The van der Waals surface area contributed by atoms with E-state index >= 15 is 0 Å². The molecule has 4 rings (SSSR count). The van der Waals surface area contributed by atoms with Gasteiger partial charge in [0, 0.05) is 16.0 Å². The van der Waals surface area contributed by atoms with Crippen molar-refractivity contribution < 1.29 is 4.79 Å². The van der Waals surface area contributed by atoms with Crippen LogP contribution >= 0.6 is 34.5 Å². The Hall–Kier alpha value is -2.61. The third-order valence-corrected chi connectivity index (χ3v) is 5.40. The quantitative estimate of drug-likeness (QED) is 0.477. The summed E-state index contributed by atoms with van der Waals surface area (Å²) in [6.07, 6.45) is 0. The van der Waals surface area contributed by atoms with Gasteiger partial charge in [0.1, 0.15) is 5.69 Å². The van der Waals surface area contributed by atoms with E-state index in [-0.39, 0.29) is 5.91 Å². The summed E-state index contributed by atoms with van der Waals surface area (Å²) >= 11 is 13.4. The van der Waals surface area contributed by atoms with Crippen LogP contribution in [0.4, 0.5) is 10.8 Å². The van der Waals surface area contributed by atoms with Crippen LogP contribution in [0.2, 0.25) is 10.0 Å². The summed E-state index contributed by atoms with van der Waals surface area (Å²) in [4.78, 5) is 17.3. The van der Waals surface area contributed by atoms with E-state index in [2.05, 4.69) is 20.3 Å². The average Bonchev–Trinajstić information content (AvgIpc) is 3.29. The molecular formula is C19H13Cl2N5OS. The lowest BCUT2D eigenvalue weighted by molar-refractivity contribution is -0.117. The number of benzene rings is 2. The highest BCUT2D eigenvalue weighted by molar-refractivity contribution is 7.14. The first kappa shape index (κ1) is 18.7. The van der Waals surface area contributed by atoms with Crippen LogP contribution in [0.25, 0.3) is 11.3 Å². The van der Waals surface area contributed by atoms with Gasteiger partial charge in [-0.15, -0.1) is 11.3 Å². The zero-order valence-electron chi connectivity index (χ0n) is 14.6. The highest BCUT2D eigenvalue weighted by atomic mass is 35.5. The second kappa shape index (κ2) is 7.79. The first-order valence-electron chi connectivity index (χ1n) is 8.29. The molecule has 1 aliphatic rings. The second-order valence-electron chi connectivity index (χ2n) is 5.99. The Morgan fingerprint density at radius 3 is 2.71 bits per heavy atom. The van der Waals surface area contributed by atoms with Crippen molar-refractivity contribution in [1.29, 1.82) is 0 Å². The minimum absolute atomic E-state index is 0.312. The number of hydrogen-bond donors (Lipinski definition) is 0. The van der Waals surface area contributed by atoms with Crippen molar-refractivity contribution in [2.24, 2.45) is 15.3 Å². The third-order valence-electron chi connectivity index (χ3n) is 4.03. The molecule has 1 aromatic heterocycles. The first-order valence-corrected chi connectivity index (χ1v) is 9.92. The number of anilines is 1. The maximum Gasteiger partial charge on any atom is 0.282 e. The molecule has 9 heteroatoms. The fourth-order valence-corrected chi connectivity index (χ4v) is 3.72. The molecule has 0 spiro atoms. The minimum atomic E-state index is -0.820. The van der Waals surface area contributed by atoms with Gasteiger partial charge < -0.3 is 0 Å². The molecule has 0 N–H and O–H groups in total. The fraction of sp³-hybridized carbons (Fsp3) is 0.105. The molecule has 1 atom stereocenters. The van der Waals surface area contributed by atoms with Crippen LogP contribution in [-0.2, 0) is 4.79 Å². The van der Waals surface area contributed by atoms with Crippen molar-refractivity contribution >= 4 is 57.0 Å². The van der Waals surface area contributed by atoms with E-state index in [9.17, 15) is 4.79 Å². The van der Waals surface area contributed by atoms with E-state index in [1.165, 1.54) is 16.3 Å². The normalized spacial score (nSPS) is 16.8. The predicted molar refractivity (Wildman–Crippen MR) is 113 cm³/mol. The highest BCUT2D eigenvalue weighted by Gasteiger charge is 2.36. The van der Waals surface area contributed by atoms with Crippen molar-refractivity contribution in [2.45, 2.75) is 13.0 Å². The third kappa shape index (κ3) is 3.69. The average molecular weight is 430 g/mol. The molecule has 140 valence electrons. The summed E-state index contributed by atoms with van der Waals surface area (Å²) in [5.41, 5.74) is 2.69. The van der Waals surface area contributed by atoms with E-state index < -0.39 is 6.04 Å². The summed E-state index contributed by atoms with van der Waals surface area (Å²) in [7, 11) is 0. The molecule has 6 nitrogen and oxygen atoms in total. The smallest absolute Gasteiger partial charge is 0.269 e. The zero-order valence-corrected chi connectivity index (χ0v) is 16.9. The maximum atomic E-state index is 12.8. The lowest BCUT2D eigenvalue weighted by atomic mass is 10.2. The minimum Gasteiger partial charge on any atom is -0.269 e. The largest absolute Gasteiger partial charge is 0.282 e. The number of rotatable bonds is 4. The number of hydrazone groups is 1. The van der Waals surface area contributed by atoms with Crippen LogP contribution in [0, 0.1) is 0 Å². The van der Waals surface area contributed by atoms with Crippen molar-refractivity contribution in [2.75, 3.05) is 5.01 Å². The number of azo groups is 1. The lowest BCUT2D eigenvalue weighted by Crippen LogP contribution is -2.29. The summed E-state index contributed by atoms with van der Waals surface area (Å²) in [6, 6.07) is 13.8. The fourth-order valence-electron chi connectivity index (χ4n) is 2.61. The van der Waals surface area contributed by atoms with E-state index in [1.54, 1.807) is 25.1 Å². The second-order valence-corrected chi connectivity index (χ2v) is 7.67. The summed E-state index contributed by atoms with van der Waals surface area (Å²) in [6.45, 7) is 1.73. The summed E-state index contributed by atoms with van der Waals surface area (Å²) in [5.74, 6) is -0.312. The molecule has 0 unspecified atom stereocenters. The Morgan fingerprint density at radius 2 is 1.93 bits per heavy atom. The van der Waals surface area contributed by atoms with E-state index in [0.29, 0.717) is 26.6 Å². The van der Waals surface area contributed by atoms with Gasteiger partial charge in [-0.3, -0.25) is 4.79 Å². The summed E-state index contributed by atoms with van der Waals surface area (Å²) < 4.78 is 0. The number of amides is 1. The molecule has 0 fully saturated rings. The van der Waals surface area contributed by atoms with Gasteiger partial charge in [-0.05, 0) is 25.1 Å². The van der Waals surface area contributed by atoms with Crippen LogP contribution in [0.15, 0.2) is 69.2 Å². The lowest BCUT2D eigenvalue weighted by Gasteiger charge is -2.08. The van der Waals surface area contributed by atoms with Gasteiger partial charge >= 0.3 is 0 Å². The molecule has 0 radical (unpaired) electrons. The SMILES string of the molecule is CC1=NN(c2nc(-c3ccccc3)cs2)C(=O)[C@@H]1N=Nc1cc(Cl)ccc1Cl. The number of carbonyl (C=O) groups excluding carboxylic acids is 1. The molecule has 2 aromatic carbocycles. The molecule has 1 aliphatic heterocycles. The number of nitrogens with zero attached hydrogens (tertiary/aromatic N) is 5. The number of halogens is 2. The van der Waals surface area contributed by atoms with E-state index in [4.69, 9.17) is 23.2 Å². The monoisotopic (exact) mass is 429 g/mol. The first-order chi connectivity index (χ1) is 13.5. The van der Waals surface area contributed by atoms with Gasteiger partial charge in [0.25, 0.3) is 5.91 Å². The number of hydrogen-bond acceptors (Lipinski definition) is 6. The van der Waals surface area contributed by atoms with Crippen LogP contribution in [-0.4, -0.2) is 22.6 Å². The van der Waals surface area contributed by atoms with Crippen LogP contribution in [0.3, 0.4) is 0 Å². The highest BCUT2D eigenvalue weighted by Crippen LogP contribution is 2.32. The van der Waals surface area contributed by atoms with Crippen molar-refractivity contribution in [3.63, 3.8) is 0 Å². The molecule has 3 aromatic rings. The van der Waals surface area contributed by atoms with Crippen LogP contribution < -0.4 is 5.01 Å². The molecule has 2 heterocycles. The van der Waals surface area contributed by atoms with E-state index in [1.807, 2.05) is 35.7 Å². The topological polar surface area (TPSA) is 70.3 Å². The molecule has 0 saturated carbocycles. The standard InChI is InChI=1S/C19H13Cl2N5OS/c1-11-17(24-23-15-9-13(20)7-8-14(15)21)18(27)26(25-11)19-22-16(10-28-19)12-5-3-2-4-6-12/h2-10,17H,1H3/t17-/m1/s1. The Balaban J connectivity index is 1.56. The Kier molecular flexibility index (Phi) is 5.21. The Morgan fingerprint density at radius 1 is 1.14 bits per heavy atom. The Bertz CT molecular complexity index is 1100. The molecule has 1 amide bonds. The molecule has 28 heavy (non-hydrogen) atoms. The van der Waals surface area contributed by atoms with Gasteiger partial charge in [-0.1, -0.05) is 53.5 Å². The van der Waals surface area contributed by atoms with Gasteiger partial charge in [0.05, 0.1) is 16.4 Å². The maximum absolute atomic E-state index is 12.8. The number of carbonyl (C=O) groups is 1. The zero-order chi connectivity index (χ0) is 19.7. The molecule has 0 aliphatic carbocycles. The molecule has 0 bridgehead atoms. The Labute approximate surface area is 175 Å². The van der Waals surface area contributed by atoms with Gasteiger partial charge in [0.2, 0.25) is 5.13 Å². The van der Waals surface area contributed by atoms with E-state index in [0.717, 1.165) is 11.3 Å². The summed E-state index contributed by atoms with van der Waals surface area (Å²) in [5, 5.41) is 17.1. The van der Waals surface area contributed by atoms with Crippen LogP contribution in [0.5, 0.6) is 0 Å². The van der Waals surface area contributed by atoms with Crippen LogP contribution in [0.1, 0.15) is 6.92 Å². The van der Waals surface area contributed by atoms with Gasteiger partial charge in [0.15, 0.2) is 6.04 Å². The van der Waals surface area contributed by atoms with Crippen molar-refractivity contribution in [1.82, 2.24) is 4.98 Å². The number of thiazole rings is 1. The van der Waals surface area contributed by atoms with Gasteiger partial charge in [-0.2, -0.15) is 20.3 Å². The number of aromatic nitrogens is 1. The molecule has 0 saturated heterocycles.